The van der Waals surface area contributed by atoms with E-state index >= 15 is 0 Å². The minimum Gasteiger partial charge on any atom is -0.497 e. The molecule has 0 amide bonds. The summed E-state index contributed by atoms with van der Waals surface area (Å²) in [6, 6.07) is 23.3. The average Bonchev–Trinajstić information content (AvgIpc) is 3.27. The molecule has 0 aliphatic rings. The van der Waals surface area contributed by atoms with E-state index in [9.17, 15) is 4.79 Å². The van der Waals surface area contributed by atoms with Crippen LogP contribution in [0, 0.1) is 6.92 Å². The summed E-state index contributed by atoms with van der Waals surface area (Å²) in [5.74, 6) is 0.942. The van der Waals surface area contributed by atoms with Crippen LogP contribution >= 0.6 is 11.3 Å². The minimum absolute atomic E-state index is 0.309. The number of hydrogen-bond acceptors (Lipinski definition) is 6. The van der Waals surface area contributed by atoms with E-state index < -0.39 is 5.97 Å². The van der Waals surface area contributed by atoms with Gasteiger partial charge in [-0.2, -0.15) is 0 Å². The van der Waals surface area contributed by atoms with Gasteiger partial charge in [-0.1, -0.05) is 42.5 Å². The Bertz CT molecular complexity index is 1250. The van der Waals surface area contributed by atoms with Gasteiger partial charge in [-0.05, 0) is 48.4 Å². The Morgan fingerprint density at radius 2 is 1.73 bits per heavy atom. The molecule has 1 heterocycles. The summed E-state index contributed by atoms with van der Waals surface area (Å²) in [5.41, 5.74) is 3.76. The van der Waals surface area contributed by atoms with Gasteiger partial charge in [-0.15, -0.1) is 11.3 Å². The Hall–Kier alpha value is -3.84. The Morgan fingerprint density at radius 3 is 2.45 bits per heavy atom. The lowest BCUT2D eigenvalue weighted by Crippen LogP contribution is -2.10. The molecule has 0 atom stereocenters. The Morgan fingerprint density at radius 1 is 0.939 bits per heavy atom. The van der Waals surface area contributed by atoms with Crippen LogP contribution in [-0.4, -0.2) is 29.8 Å². The highest BCUT2D eigenvalue weighted by Gasteiger charge is 2.16. The molecular formula is C26H23NO5S. The van der Waals surface area contributed by atoms with Gasteiger partial charge in [-0.3, -0.25) is 0 Å². The monoisotopic (exact) mass is 461 g/mol. The van der Waals surface area contributed by atoms with Crippen molar-refractivity contribution in [1.82, 2.24) is 4.98 Å². The van der Waals surface area contributed by atoms with Crippen LogP contribution in [0.3, 0.4) is 0 Å². The topological polar surface area (TPSA) is 77.9 Å². The van der Waals surface area contributed by atoms with Crippen molar-refractivity contribution in [3.63, 3.8) is 0 Å². The first-order chi connectivity index (χ1) is 16.0. The van der Waals surface area contributed by atoms with E-state index in [1.807, 2.05) is 55.5 Å². The molecule has 0 unspecified atom stereocenters. The van der Waals surface area contributed by atoms with Gasteiger partial charge in [0.2, 0.25) is 0 Å². The maximum Gasteiger partial charge on any atom is 0.341 e. The number of rotatable bonds is 9. The van der Waals surface area contributed by atoms with Gasteiger partial charge in [0.25, 0.3) is 0 Å². The second-order valence-electron chi connectivity index (χ2n) is 7.28. The van der Waals surface area contributed by atoms with Crippen molar-refractivity contribution in [2.45, 2.75) is 13.5 Å². The summed E-state index contributed by atoms with van der Waals surface area (Å²) in [4.78, 5) is 16.7. The molecule has 1 N–H and O–H groups in total. The van der Waals surface area contributed by atoms with Crippen molar-refractivity contribution in [1.29, 1.82) is 0 Å². The number of nitrogens with zero attached hydrogens (tertiary/aromatic N) is 1. The second kappa shape index (κ2) is 10.2. The van der Waals surface area contributed by atoms with E-state index in [0.29, 0.717) is 18.1 Å². The fraction of sp³-hybridized carbons (Fsp3) is 0.154. The number of ether oxygens (including phenoxy) is 3. The van der Waals surface area contributed by atoms with Gasteiger partial charge in [0.15, 0.2) is 6.61 Å². The van der Waals surface area contributed by atoms with Crippen molar-refractivity contribution >= 4 is 17.3 Å². The van der Waals surface area contributed by atoms with Crippen LogP contribution in [0.4, 0.5) is 0 Å². The van der Waals surface area contributed by atoms with Crippen LogP contribution in [0.2, 0.25) is 0 Å². The minimum atomic E-state index is -1.01. The first-order valence-electron chi connectivity index (χ1n) is 10.3. The van der Waals surface area contributed by atoms with Crippen LogP contribution < -0.4 is 14.2 Å². The molecule has 0 fully saturated rings. The highest BCUT2D eigenvalue weighted by molar-refractivity contribution is 7.15. The number of hydrogen-bond donors (Lipinski definition) is 1. The fourth-order valence-electron chi connectivity index (χ4n) is 3.34. The zero-order valence-electron chi connectivity index (χ0n) is 18.3. The molecule has 0 saturated heterocycles. The quantitative estimate of drug-likeness (QED) is 0.338. The molecule has 0 spiro atoms. The molecule has 0 saturated carbocycles. The smallest absolute Gasteiger partial charge is 0.341 e. The lowest BCUT2D eigenvalue weighted by Gasteiger charge is -2.09. The maximum atomic E-state index is 10.7. The van der Waals surface area contributed by atoms with Crippen LogP contribution in [0.1, 0.15) is 10.6 Å². The van der Waals surface area contributed by atoms with Gasteiger partial charge in [0, 0.05) is 5.56 Å². The van der Waals surface area contributed by atoms with Gasteiger partial charge >= 0.3 is 5.97 Å². The normalized spacial score (nSPS) is 10.6. The van der Waals surface area contributed by atoms with Crippen molar-refractivity contribution < 1.29 is 24.1 Å². The van der Waals surface area contributed by atoms with E-state index in [2.05, 4.69) is 12.1 Å². The third kappa shape index (κ3) is 5.51. The molecular weight excluding hydrogens is 438 g/mol. The summed E-state index contributed by atoms with van der Waals surface area (Å²) < 4.78 is 16.7. The summed E-state index contributed by atoms with van der Waals surface area (Å²) in [5, 5.41) is 9.63. The van der Waals surface area contributed by atoms with E-state index in [-0.39, 0.29) is 6.61 Å². The van der Waals surface area contributed by atoms with Crippen molar-refractivity contribution in [3.8, 4) is 38.9 Å². The standard InChI is InChI=1S/C26H23NO5S/c1-17-13-21(11-12-22(17)32-16-24(28)29)31-15-23-27-25(19-9-6-10-20(14-19)30-2)26(33-23)18-7-4-3-5-8-18/h3-14H,15-16H2,1-2H3,(H,28,29). The van der Waals surface area contributed by atoms with Gasteiger partial charge in [0.1, 0.15) is 28.9 Å². The van der Waals surface area contributed by atoms with Gasteiger partial charge < -0.3 is 19.3 Å². The van der Waals surface area contributed by atoms with Gasteiger partial charge in [-0.25, -0.2) is 9.78 Å². The zero-order valence-corrected chi connectivity index (χ0v) is 19.1. The largest absolute Gasteiger partial charge is 0.497 e. The molecule has 0 aliphatic heterocycles. The van der Waals surface area contributed by atoms with Crippen LogP contribution in [-0.2, 0) is 11.4 Å². The molecule has 0 bridgehead atoms. The highest BCUT2D eigenvalue weighted by atomic mass is 32.1. The second-order valence-corrected chi connectivity index (χ2v) is 8.37. The fourth-order valence-corrected chi connectivity index (χ4v) is 4.34. The van der Waals surface area contributed by atoms with E-state index in [1.54, 1.807) is 30.6 Å². The summed E-state index contributed by atoms with van der Waals surface area (Å²) >= 11 is 1.59. The number of benzene rings is 3. The predicted molar refractivity (Wildman–Crippen MR) is 128 cm³/mol. The van der Waals surface area contributed by atoms with Gasteiger partial charge in [0.05, 0.1) is 17.7 Å². The first kappa shape index (κ1) is 22.4. The number of aliphatic carboxylic acids is 1. The number of carboxylic acid groups (broad SMARTS) is 1. The molecule has 0 aliphatic carbocycles. The maximum absolute atomic E-state index is 10.7. The van der Waals surface area contributed by atoms with Crippen molar-refractivity contribution in [2.75, 3.05) is 13.7 Å². The summed E-state index contributed by atoms with van der Waals surface area (Å²) in [6.45, 7) is 1.78. The van der Waals surface area contributed by atoms with E-state index in [0.717, 1.165) is 38.0 Å². The number of aromatic nitrogens is 1. The average molecular weight is 462 g/mol. The van der Waals surface area contributed by atoms with Crippen molar-refractivity contribution in [2.24, 2.45) is 0 Å². The third-order valence-electron chi connectivity index (χ3n) is 4.91. The lowest BCUT2D eigenvalue weighted by atomic mass is 10.1. The van der Waals surface area contributed by atoms with Crippen LogP contribution in [0.5, 0.6) is 17.2 Å². The van der Waals surface area contributed by atoms with E-state index in [1.165, 1.54) is 0 Å². The molecule has 6 nitrogen and oxygen atoms in total. The molecule has 4 rings (SSSR count). The Kier molecular flexibility index (Phi) is 6.90. The predicted octanol–water partition coefficient (Wildman–Crippen LogP) is 5.84. The van der Waals surface area contributed by atoms with Crippen molar-refractivity contribution in [3.05, 3.63) is 83.4 Å². The number of thiazole rings is 1. The Labute approximate surface area is 196 Å². The van der Waals surface area contributed by atoms with Crippen LogP contribution in [0.25, 0.3) is 21.7 Å². The number of carboxylic acids is 1. The SMILES string of the molecule is COc1cccc(-c2nc(COc3ccc(OCC(=O)O)c(C)c3)sc2-c2ccccc2)c1. The molecule has 33 heavy (non-hydrogen) atoms. The van der Waals surface area contributed by atoms with E-state index in [4.69, 9.17) is 24.3 Å². The first-order valence-corrected chi connectivity index (χ1v) is 11.1. The molecule has 0 radical (unpaired) electrons. The van der Waals surface area contributed by atoms with Crippen LogP contribution in [0.15, 0.2) is 72.8 Å². The summed E-state index contributed by atoms with van der Waals surface area (Å²) in [6.07, 6.45) is 0. The molecule has 3 aromatic carbocycles. The molecule has 7 heteroatoms. The highest BCUT2D eigenvalue weighted by Crippen LogP contribution is 2.38. The molecule has 168 valence electrons. The zero-order chi connectivity index (χ0) is 23.2. The molecule has 4 aromatic rings. The Balaban J connectivity index is 1.58. The summed E-state index contributed by atoms with van der Waals surface area (Å²) in [7, 11) is 1.65. The number of aryl methyl sites for hydroxylation is 1. The number of carbonyl (C=O) groups is 1. The third-order valence-corrected chi connectivity index (χ3v) is 5.99. The lowest BCUT2D eigenvalue weighted by molar-refractivity contribution is -0.139. The molecule has 1 aromatic heterocycles. The number of methoxy groups -OCH3 is 1.